The average molecular weight is 270 g/mol. The van der Waals surface area contributed by atoms with Crippen molar-refractivity contribution in [1.82, 2.24) is 0 Å². The van der Waals surface area contributed by atoms with Crippen LogP contribution in [0.4, 0.5) is 13.2 Å². The molecule has 0 aromatic carbocycles. The summed E-state index contributed by atoms with van der Waals surface area (Å²) in [5.74, 6) is 2.26. The second-order valence-corrected chi connectivity index (χ2v) is 5.40. The Kier molecular flexibility index (Phi) is 6.16. The summed E-state index contributed by atoms with van der Waals surface area (Å²) >= 11 is 1.91. The first-order chi connectivity index (χ1) is 7.97. The molecule has 1 heterocycles. The van der Waals surface area contributed by atoms with Gasteiger partial charge < -0.3 is 4.74 Å². The molecule has 1 aliphatic heterocycles. The minimum atomic E-state index is -4.25. The van der Waals surface area contributed by atoms with E-state index in [4.69, 9.17) is 0 Å². The van der Waals surface area contributed by atoms with Gasteiger partial charge in [-0.15, -0.1) is 0 Å². The number of halogens is 3. The Labute approximate surface area is 103 Å². The standard InChI is InChI=1S/C11H17F3O2S/c12-11(13,14)5-6-16-10(15)2-1-9-3-7-17-8-4-9/h9H,1-8H2. The summed E-state index contributed by atoms with van der Waals surface area (Å²) < 4.78 is 39.9. The first-order valence-electron chi connectivity index (χ1n) is 5.77. The fourth-order valence-electron chi connectivity index (χ4n) is 1.71. The predicted molar refractivity (Wildman–Crippen MR) is 60.9 cm³/mol. The van der Waals surface area contributed by atoms with Crippen molar-refractivity contribution in [2.24, 2.45) is 5.92 Å². The third-order valence-electron chi connectivity index (χ3n) is 2.75. The summed E-state index contributed by atoms with van der Waals surface area (Å²) in [6.07, 6.45) is -2.13. The highest BCUT2D eigenvalue weighted by atomic mass is 32.2. The van der Waals surface area contributed by atoms with Gasteiger partial charge >= 0.3 is 12.1 Å². The fraction of sp³-hybridized carbons (Fsp3) is 0.909. The van der Waals surface area contributed by atoms with Gasteiger partial charge in [0.05, 0.1) is 13.0 Å². The lowest BCUT2D eigenvalue weighted by Gasteiger charge is -2.20. The lowest BCUT2D eigenvalue weighted by molar-refractivity contribution is -0.159. The van der Waals surface area contributed by atoms with E-state index in [0.717, 1.165) is 30.8 Å². The van der Waals surface area contributed by atoms with E-state index in [1.165, 1.54) is 0 Å². The van der Waals surface area contributed by atoms with E-state index < -0.39 is 25.2 Å². The number of rotatable bonds is 5. The second kappa shape index (κ2) is 7.13. The third-order valence-corrected chi connectivity index (χ3v) is 3.79. The molecule has 1 aliphatic rings. The largest absolute Gasteiger partial charge is 0.465 e. The molecule has 17 heavy (non-hydrogen) atoms. The molecule has 0 unspecified atom stereocenters. The maximum atomic E-state index is 11.8. The van der Waals surface area contributed by atoms with Crippen LogP contribution < -0.4 is 0 Å². The first kappa shape index (κ1) is 14.7. The highest BCUT2D eigenvalue weighted by Gasteiger charge is 2.27. The highest BCUT2D eigenvalue weighted by molar-refractivity contribution is 7.99. The predicted octanol–water partition coefficient (Wildman–Crippen LogP) is 3.41. The van der Waals surface area contributed by atoms with E-state index in [1.54, 1.807) is 0 Å². The minimum absolute atomic E-state index is 0.243. The molecule has 1 saturated heterocycles. The topological polar surface area (TPSA) is 26.3 Å². The van der Waals surface area contributed by atoms with Crippen LogP contribution in [-0.4, -0.2) is 30.3 Å². The quantitative estimate of drug-likeness (QED) is 0.716. The van der Waals surface area contributed by atoms with Crippen LogP contribution >= 0.6 is 11.8 Å². The van der Waals surface area contributed by atoms with Gasteiger partial charge in [-0.25, -0.2) is 0 Å². The number of carbonyl (C=O) groups excluding carboxylic acids is 1. The van der Waals surface area contributed by atoms with Gasteiger partial charge in [0.25, 0.3) is 0 Å². The zero-order chi connectivity index (χ0) is 12.7. The van der Waals surface area contributed by atoms with Gasteiger partial charge in [0.1, 0.15) is 0 Å². The van der Waals surface area contributed by atoms with Gasteiger partial charge in [-0.3, -0.25) is 4.79 Å². The first-order valence-corrected chi connectivity index (χ1v) is 6.93. The molecule has 0 aliphatic carbocycles. The van der Waals surface area contributed by atoms with Gasteiger partial charge in [-0.1, -0.05) is 0 Å². The van der Waals surface area contributed by atoms with Crippen LogP contribution in [-0.2, 0) is 9.53 Å². The monoisotopic (exact) mass is 270 g/mol. The van der Waals surface area contributed by atoms with Crippen molar-refractivity contribution in [2.75, 3.05) is 18.1 Å². The van der Waals surface area contributed by atoms with Crippen LogP contribution in [0.3, 0.4) is 0 Å². The molecule has 0 spiro atoms. The van der Waals surface area contributed by atoms with Crippen molar-refractivity contribution in [3.63, 3.8) is 0 Å². The van der Waals surface area contributed by atoms with Crippen molar-refractivity contribution < 1.29 is 22.7 Å². The number of esters is 1. The number of hydrogen-bond acceptors (Lipinski definition) is 3. The minimum Gasteiger partial charge on any atom is -0.465 e. The van der Waals surface area contributed by atoms with Crippen LogP contribution in [0, 0.1) is 5.92 Å². The highest BCUT2D eigenvalue weighted by Crippen LogP contribution is 2.26. The molecule has 0 bridgehead atoms. The molecule has 0 amide bonds. The van der Waals surface area contributed by atoms with Gasteiger partial charge in [-0.05, 0) is 36.7 Å². The summed E-state index contributed by atoms with van der Waals surface area (Å²) in [4.78, 5) is 11.2. The summed E-state index contributed by atoms with van der Waals surface area (Å²) in [7, 11) is 0. The van der Waals surface area contributed by atoms with Crippen LogP contribution in [0.1, 0.15) is 32.1 Å². The SMILES string of the molecule is O=C(CCC1CCSCC1)OCCC(F)(F)F. The molecule has 2 nitrogen and oxygen atoms in total. The van der Waals surface area contributed by atoms with Crippen LogP contribution in [0.2, 0.25) is 0 Å². The molecule has 0 atom stereocenters. The molecule has 0 aromatic rings. The van der Waals surface area contributed by atoms with Crippen molar-refractivity contribution in [3.05, 3.63) is 0 Å². The number of hydrogen-bond donors (Lipinski definition) is 0. The van der Waals surface area contributed by atoms with E-state index in [1.807, 2.05) is 11.8 Å². The summed E-state index contributed by atoms with van der Waals surface area (Å²) in [6, 6.07) is 0. The zero-order valence-electron chi connectivity index (χ0n) is 9.59. The van der Waals surface area contributed by atoms with Gasteiger partial charge in [-0.2, -0.15) is 24.9 Å². The molecule has 0 saturated carbocycles. The van der Waals surface area contributed by atoms with E-state index in [9.17, 15) is 18.0 Å². The summed E-state index contributed by atoms with van der Waals surface area (Å²) in [5.41, 5.74) is 0. The molecule has 1 fully saturated rings. The van der Waals surface area contributed by atoms with E-state index >= 15 is 0 Å². The molecular formula is C11H17F3O2S. The Hall–Kier alpha value is -0.390. The molecule has 100 valence electrons. The smallest absolute Gasteiger partial charge is 0.392 e. The van der Waals surface area contributed by atoms with Gasteiger partial charge in [0.2, 0.25) is 0 Å². The van der Waals surface area contributed by atoms with Crippen molar-refractivity contribution in [3.8, 4) is 0 Å². The Balaban J connectivity index is 2.04. The Morgan fingerprint density at radius 1 is 1.29 bits per heavy atom. The molecule has 0 radical (unpaired) electrons. The Morgan fingerprint density at radius 2 is 1.94 bits per heavy atom. The van der Waals surface area contributed by atoms with Gasteiger partial charge in [0.15, 0.2) is 0 Å². The van der Waals surface area contributed by atoms with Crippen molar-refractivity contribution in [1.29, 1.82) is 0 Å². The number of thioether (sulfide) groups is 1. The van der Waals surface area contributed by atoms with E-state index in [-0.39, 0.29) is 6.42 Å². The fourth-order valence-corrected chi connectivity index (χ4v) is 2.91. The lowest BCUT2D eigenvalue weighted by atomic mass is 9.97. The maximum Gasteiger partial charge on any atom is 0.392 e. The van der Waals surface area contributed by atoms with Crippen molar-refractivity contribution in [2.45, 2.75) is 38.3 Å². The van der Waals surface area contributed by atoms with Crippen LogP contribution in [0.5, 0.6) is 0 Å². The summed E-state index contributed by atoms with van der Waals surface area (Å²) in [5, 5.41) is 0. The number of carbonyl (C=O) groups is 1. The average Bonchev–Trinajstić information content (AvgIpc) is 2.26. The van der Waals surface area contributed by atoms with Crippen molar-refractivity contribution >= 4 is 17.7 Å². The van der Waals surface area contributed by atoms with E-state index in [0.29, 0.717) is 5.92 Å². The van der Waals surface area contributed by atoms with Crippen LogP contribution in [0.25, 0.3) is 0 Å². The van der Waals surface area contributed by atoms with Crippen LogP contribution in [0.15, 0.2) is 0 Å². The third kappa shape index (κ3) is 7.52. The summed E-state index contributed by atoms with van der Waals surface area (Å²) in [6.45, 7) is -0.553. The molecular weight excluding hydrogens is 253 g/mol. The van der Waals surface area contributed by atoms with Gasteiger partial charge in [0, 0.05) is 6.42 Å². The van der Waals surface area contributed by atoms with E-state index in [2.05, 4.69) is 4.74 Å². The number of alkyl halides is 3. The Bertz CT molecular complexity index is 237. The maximum absolute atomic E-state index is 11.8. The lowest BCUT2D eigenvalue weighted by Crippen LogP contribution is -2.16. The Morgan fingerprint density at radius 3 is 2.53 bits per heavy atom. The number of ether oxygens (including phenoxy) is 1. The molecule has 0 aromatic heterocycles. The molecule has 1 rings (SSSR count). The molecule has 0 N–H and O–H groups in total. The second-order valence-electron chi connectivity index (χ2n) is 4.18. The zero-order valence-corrected chi connectivity index (χ0v) is 10.4. The normalized spacial score (nSPS) is 18.1. The molecule has 6 heteroatoms.